The fourth-order valence-electron chi connectivity index (χ4n) is 2.26. The number of hydrogen-bond acceptors (Lipinski definition) is 3. The first-order valence-electron chi connectivity index (χ1n) is 5.35. The summed E-state index contributed by atoms with van der Waals surface area (Å²) in [6.07, 6.45) is 6.30. The average molecular weight is 182 g/mol. The van der Waals surface area contributed by atoms with Gasteiger partial charge in [0.05, 0.1) is 12.7 Å². The van der Waals surface area contributed by atoms with Gasteiger partial charge in [0.25, 0.3) is 0 Å². The summed E-state index contributed by atoms with van der Waals surface area (Å²) in [5.41, 5.74) is 0. The smallest absolute Gasteiger partial charge is 0.146 e. The van der Waals surface area contributed by atoms with Crippen LogP contribution in [0.5, 0.6) is 0 Å². The predicted octanol–water partition coefficient (Wildman–Crippen LogP) is 0.751. The van der Waals surface area contributed by atoms with Crippen molar-refractivity contribution in [1.29, 1.82) is 0 Å². The van der Waals surface area contributed by atoms with E-state index in [1.54, 1.807) is 0 Å². The molecule has 3 nitrogen and oxygen atoms in total. The van der Waals surface area contributed by atoms with Crippen LogP contribution in [0.3, 0.4) is 0 Å². The minimum Gasteiger partial charge on any atom is -0.298 e. The number of likely N-dealkylation sites (tertiary alicyclic amines) is 1. The first kappa shape index (κ1) is 9.16. The van der Waals surface area contributed by atoms with E-state index in [1.165, 1.54) is 32.4 Å². The van der Waals surface area contributed by atoms with Crippen molar-refractivity contribution in [2.75, 3.05) is 19.6 Å². The minimum absolute atomic E-state index is 0.369. The largest absolute Gasteiger partial charge is 0.298 e. The van der Waals surface area contributed by atoms with E-state index in [4.69, 9.17) is 0 Å². The Hall–Kier alpha value is -0.410. The first-order valence-corrected chi connectivity index (χ1v) is 5.35. The van der Waals surface area contributed by atoms with E-state index in [0.717, 1.165) is 12.8 Å². The minimum atomic E-state index is 0.369. The molecule has 0 aliphatic carbocycles. The van der Waals surface area contributed by atoms with E-state index in [9.17, 15) is 4.79 Å². The maximum atomic E-state index is 11.0. The Morgan fingerprint density at radius 3 is 2.62 bits per heavy atom. The van der Waals surface area contributed by atoms with Crippen molar-refractivity contribution in [3.63, 3.8) is 0 Å². The topological polar surface area (TPSA) is 32.3 Å². The lowest BCUT2D eigenvalue weighted by molar-refractivity contribution is -0.120. The van der Waals surface area contributed by atoms with Crippen LogP contribution in [-0.2, 0) is 4.79 Å². The Morgan fingerprint density at radius 1 is 1.23 bits per heavy atom. The highest BCUT2D eigenvalue weighted by Gasteiger charge is 2.24. The third kappa shape index (κ3) is 2.29. The van der Waals surface area contributed by atoms with Crippen molar-refractivity contribution in [2.45, 2.75) is 38.3 Å². The zero-order valence-corrected chi connectivity index (χ0v) is 8.09. The van der Waals surface area contributed by atoms with Crippen LogP contribution in [0.2, 0.25) is 0 Å². The lowest BCUT2D eigenvalue weighted by Gasteiger charge is -2.36. The molecule has 0 radical (unpaired) electrons. The summed E-state index contributed by atoms with van der Waals surface area (Å²) in [5, 5.41) is 3.31. The lowest BCUT2D eigenvalue weighted by Crippen LogP contribution is -2.52. The van der Waals surface area contributed by atoms with E-state index in [-0.39, 0.29) is 0 Å². The molecule has 13 heavy (non-hydrogen) atoms. The Morgan fingerprint density at radius 2 is 2.00 bits per heavy atom. The maximum Gasteiger partial charge on any atom is 0.146 e. The van der Waals surface area contributed by atoms with E-state index in [1.807, 2.05) is 0 Å². The number of Topliss-reactive ketones (excluding diaryl/α,β-unsaturated/α-hetero) is 1. The fraction of sp³-hybridized carbons (Fsp3) is 0.900. The molecule has 0 bridgehead atoms. The fourth-order valence-corrected chi connectivity index (χ4v) is 2.26. The third-order valence-corrected chi connectivity index (χ3v) is 3.06. The monoisotopic (exact) mass is 182 g/mol. The molecule has 1 atom stereocenters. The SMILES string of the molecule is O=C1CCC(N2CCCCC2)NC1. The van der Waals surface area contributed by atoms with Gasteiger partial charge in [-0.25, -0.2) is 0 Å². The van der Waals surface area contributed by atoms with Crippen molar-refractivity contribution < 1.29 is 4.79 Å². The van der Waals surface area contributed by atoms with Gasteiger partial charge >= 0.3 is 0 Å². The van der Waals surface area contributed by atoms with Crippen LogP contribution in [0, 0.1) is 0 Å². The number of carbonyl (C=O) groups excluding carboxylic acids is 1. The van der Waals surface area contributed by atoms with E-state index in [2.05, 4.69) is 10.2 Å². The van der Waals surface area contributed by atoms with Crippen LogP contribution in [0.15, 0.2) is 0 Å². The van der Waals surface area contributed by atoms with Gasteiger partial charge in [-0.15, -0.1) is 0 Å². The van der Waals surface area contributed by atoms with Crippen LogP contribution in [0.4, 0.5) is 0 Å². The standard InChI is InChI=1S/C10H18N2O/c13-9-4-5-10(11-8-9)12-6-2-1-3-7-12/h10-11H,1-8H2. The second-order valence-corrected chi connectivity index (χ2v) is 4.07. The van der Waals surface area contributed by atoms with Crippen LogP contribution in [0.25, 0.3) is 0 Å². The van der Waals surface area contributed by atoms with Crippen molar-refractivity contribution >= 4 is 5.78 Å². The summed E-state index contributed by atoms with van der Waals surface area (Å²) >= 11 is 0. The third-order valence-electron chi connectivity index (χ3n) is 3.06. The molecule has 0 aromatic carbocycles. The molecule has 2 saturated heterocycles. The maximum absolute atomic E-state index is 11.0. The molecule has 2 heterocycles. The molecular formula is C10H18N2O. The molecule has 2 fully saturated rings. The summed E-state index contributed by atoms with van der Waals surface area (Å²) in [4.78, 5) is 13.5. The number of hydrogen-bond donors (Lipinski definition) is 1. The summed E-state index contributed by atoms with van der Waals surface area (Å²) in [5.74, 6) is 0.369. The molecule has 3 heteroatoms. The zero-order valence-electron chi connectivity index (χ0n) is 8.09. The molecule has 1 unspecified atom stereocenters. The van der Waals surface area contributed by atoms with Gasteiger partial charge in [0, 0.05) is 6.42 Å². The lowest BCUT2D eigenvalue weighted by atomic mass is 10.0. The second kappa shape index (κ2) is 4.20. The quantitative estimate of drug-likeness (QED) is 0.649. The van der Waals surface area contributed by atoms with Gasteiger partial charge < -0.3 is 0 Å². The van der Waals surface area contributed by atoms with Gasteiger partial charge in [-0.2, -0.15) is 0 Å². The average Bonchev–Trinajstić information content (AvgIpc) is 2.20. The molecule has 74 valence electrons. The van der Waals surface area contributed by atoms with Crippen LogP contribution >= 0.6 is 0 Å². The molecule has 2 aliphatic heterocycles. The Labute approximate surface area is 79.5 Å². The summed E-state index contributed by atoms with van der Waals surface area (Å²) in [7, 11) is 0. The van der Waals surface area contributed by atoms with E-state index < -0.39 is 0 Å². The van der Waals surface area contributed by atoms with Crippen molar-refractivity contribution in [1.82, 2.24) is 10.2 Å². The molecule has 2 aliphatic rings. The number of piperidine rings is 2. The zero-order chi connectivity index (χ0) is 9.10. The molecule has 0 aromatic heterocycles. The number of rotatable bonds is 1. The molecule has 0 saturated carbocycles. The Kier molecular flexibility index (Phi) is 2.96. The molecule has 0 spiro atoms. The molecule has 0 amide bonds. The van der Waals surface area contributed by atoms with Gasteiger partial charge in [-0.1, -0.05) is 6.42 Å². The normalized spacial score (nSPS) is 32.0. The highest BCUT2D eigenvalue weighted by Crippen LogP contribution is 2.15. The number of ketones is 1. The van der Waals surface area contributed by atoms with E-state index in [0.29, 0.717) is 18.5 Å². The predicted molar refractivity (Wildman–Crippen MR) is 51.5 cm³/mol. The molecule has 0 aromatic rings. The van der Waals surface area contributed by atoms with Crippen LogP contribution in [-0.4, -0.2) is 36.5 Å². The highest BCUT2D eigenvalue weighted by atomic mass is 16.1. The highest BCUT2D eigenvalue weighted by molar-refractivity contribution is 5.81. The summed E-state index contributed by atoms with van der Waals surface area (Å²) < 4.78 is 0. The first-order chi connectivity index (χ1) is 6.36. The number of nitrogens with one attached hydrogen (secondary N) is 1. The van der Waals surface area contributed by atoms with Gasteiger partial charge in [0.2, 0.25) is 0 Å². The summed E-state index contributed by atoms with van der Waals surface area (Å²) in [6, 6.07) is 0. The van der Waals surface area contributed by atoms with Crippen molar-refractivity contribution in [2.24, 2.45) is 0 Å². The molecule has 1 N–H and O–H groups in total. The van der Waals surface area contributed by atoms with Gasteiger partial charge in [-0.3, -0.25) is 15.0 Å². The molecular weight excluding hydrogens is 164 g/mol. The number of nitrogens with zero attached hydrogens (tertiary/aromatic N) is 1. The Balaban J connectivity index is 1.82. The van der Waals surface area contributed by atoms with Crippen LogP contribution < -0.4 is 5.32 Å². The van der Waals surface area contributed by atoms with Crippen LogP contribution in [0.1, 0.15) is 32.1 Å². The van der Waals surface area contributed by atoms with Gasteiger partial charge in [0.1, 0.15) is 5.78 Å². The second-order valence-electron chi connectivity index (χ2n) is 4.07. The van der Waals surface area contributed by atoms with Gasteiger partial charge in [-0.05, 0) is 32.4 Å². The van der Waals surface area contributed by atoms with Crippen molar-refractivity contribution in [3.05, 3.63) is 0 Å². The Bertz CT molecular complexity index is 177. The molecule has 2 rings (SSSR count). The van der Waals surface area contributed by atoms with Crippen molar-refractivity contribution in [3.8, 4) is 0 Å². The van der Waals surface area contributed by atoms with E-state index >= 15 is 0 Å². The number of carbonyl (C=O) groups is 1. The summed E-state index contributed by atoms with van der Waals surface area (Å²) in [6.45, 7) is 3.01. The van der Waals surface area contributed by atoms with Gasteiger partial charge in [0.15, 0.2) is 0 Å².